The van der Waals surface area contributed by atoms with E-state index in [0.29, 0.717) is 29.6 Å². The second-order valence-corrected chi connectivity index (χ2v) is 7.30. The number of ether oxygens (including phenoxy) is 1. The zero-order valence-electron chi connectivity index (χ0n) is 17.0. The summed E-state index contributed by atoms with van der Waals surface area (Å²) in [7, 11) is 1.61. The van der Waals surface area contributed by atoms with E-state index in [1.54, 1.807) is 7.05 Å². The van der Waals surface area contributed by atoms with Gasteiger partial charge in [-0.15, -0.1) is 0 Å². The first-order chi connectivity index (χ1) is 13.6. The number of carbonyl (C=O) groups excluding carboxylic acids is 1. The Morgan fingerprint density at radius 3 is 2.61 bits per heavy atom. The lowest BCUT2D eigenvalue weighted by Gasteiger charge is -2.36. The van der Waals surface area contributed by atoms with E-state index in [1.165, 1.54) is 0 Å². The second kappa shape index (κ2) is 9.10. The number of nitrogens with one attached hydrogen (secondary N) is 2. The van der Waals surface area contributed by atoms with Gasteiger partial charge >= 0.3 is 0 Å². The maximum absolute atomic E-state index is 12.5. The highest BCUT2D eigenvalue weighted by Crippen LogP contribution is 2.40. The van der Waals surface area contributed by atoms with Crippen LogP contribution in [0.4, 0.5) is 5.82 Å². The summed E-state index contributed by atoms with van der Waals surface area (Å²) >= 11 is 0. The maximum atomic E-state index is 12.5. The average Bonchev–Trinajstić information content (AvgIpc) is 3.02. The van der Waals surface area contributed by atoms with Gasteiger partial charge in [0.15, 0.2) is 0 Å². The number of aromatic nitrogens is 2. The Kier molecular flexibility index (Phi) is 6.57. The summed E-state index contributed by atoms with van der Waals surface area (Å²) in [6.07, 6.45) is 3.00. The topological polar surface area (TPSA) is 94.2 Å². The van der Waals surface area contributed by atoms with Crippen molar-refractivity contribution in [1.82, 2.24) is 20.4 Å². The van der Waals surface area contributed by atoms with E-state index in [2.05, 4.69) is 24.5 Å². The highest BCUT2D eigenvalue weighted by molar-refractivity contribution is 6.04. The van der Waals surface area contributed by atoms with Crippen molar-refractivity contribution in [2.24, 2.45) is 5.92 Å². The van der Waals surface area contributed by atoms with Crippen LogP contribution < -0.4 is 21.1 Å². The summed E-state index contributed by atoms with van der Waals surface area (Å²) in [6.45, 7) is 6.86. The van der Waals surface area contributed by atoms with E-state index in [1.807, 2.05) is 28.9 Å². The zero-order valence-corrected chi connectivity index (χ0v) is 17.0. The lowest BCUT2D eigenvalue weighted by atomic mass is 9.80. The molecule has 1 amide bonds. The Hall–Kier alpha value is -2.54. The molecule has 0 atom stereocenters. The number of benzene rings is 1. The lowest BCUT2D eigenvalue weighted by molar-refractivity contribution is 0.0964. The van der Waals surface area contributed by atoms with Crippen LogP contribution in [0.1, 0.15) is 49.5 Å². The molecule has 1 aliphatic carbocycles. The van der Waals surface area contributed by atoms with Crippen molar-refractivity contribution in [1.29, 1.82) is 0 Å². The van der Waals surface area contributed by atoms with E-state index in [-0.39, 0.29) is 11.9 Å². The van der Waals surface area contributed by atoms with Crippen molar-refractivity contribution >= 4 is 11.7 Å². The molecule has 7 heteroatoms. The van der Waals surface area contributed by atoms with Gasteiger partial charge in [0.05, 0.1) is 12.6 Å². The molecular weight excluding hydrogens is 354 g/mol. The van der Waals surface area contributed by atoms with Crippen LogP contribution in [-0.2, 0) is 0 Å². The van der Waals surface area contributed by atoms with Gasteiger partial charge in [0.1, 0.15) is 22.8 Å². The van der Waals surface area contributed by atoms with Crippen molar-refractivity contribution in [3.8, 4) is 17.0 Å². The van der Waals surface area contributed by atoms with E-state index in [9.17, 15) is 4.79 Å². The van der Waals surface area contributed by atoms with Crippen molar-refractivity contribution < 1.29 is 9.53 Å². The molecule has 3 rings (SSSR count). The molecule has 0 aliphatic heterocycles. The Bertz CT molecular complexity index is 794. The molecule has 28 heavy (non-hydrogen) atoms. The average molecular weight is 386 g/mol. The van der Waals surface area contributed by atoms with Crippen LogP contribution in [0.15, 0.2) is 24.3 Å². The number of nitrogens with zero attached hydrogens (tertiary/aromatic N) is 2. The van der Waals surface area contributed by atoms with Crippen molar-refractivity contribution in [2.75, 3.05) is 32.5 Å². The first kappa shape index (κ1) is 20.2. The van der Waals surface area contributed by atoms with Crippen LogP contribution in [0.5, 0.6) is 5.75 Å². The highest BCUT2D eigenvalue weighted by atomic mass is 16.5. The van der Waals surface area contributed by atoms with Crippen LogP contribution in [0.25, 0.3) is 11.3 Å². The minimum absolute atomic E-state index is 0.214. The van der Waals surface area contributed by atoms with Gasteiger partial charge in [-0.05, 0) is 62.5 Å². The van der Waals surface area contributed by atoms with Crippen molar-refractivity contribution in [3.63, 3.8) is 0 Å². The maximum Gasteiger partial charge on any atom is 0.257 e. The molecule has 0 saturated heterocycles. The van der Waals surface area contributed by atoms with E-state index in [4.69, 9.17) is 15.6 Å². The Morgan fingerprint density at radius 1 is 1.29 bits per heavy atom. The van der Waals surface area contributed by atoms with Gasteiger partial charge in [0, 0.05) is 12.6 Å². The smallest absolute Gasteiger partial charge is 0.257 e. The summed E-state index contributed by atoms with van der Waals surface area (Å²) < 4.78 is 7.48. The van der Waals surface area contributed by atoms with Crippen LogP contribution in [-0.4, -0.2) is 42.4 Å². The number of hydrogen-bond acceptors (Lipinski definition) is 5. The van der Waals surface area contributed by atoms with Gasteiger partial charge in [-0.3, -0.25) is 4.79 Å². The van der Waals surface area contributed by atoms with Crippen molar-refractivity contribution in [2.45, 2.75) is 39.2 Å². The molecule has 2 aromatic rings. The largest absolute Gasteiger partial charge is 0.494 e. The zero-order chi connectivity index (χ0) is 20.1. The van der Waals surface area contributed by atoms with Crippen LogP contribution in [0.2, 0.25) is 0 Å². The fourth-order valence-electron chi connectivity index (χ4n) is 3.62. The molecule has 1 fully saturated rings. The molecule has 0 radical (unpaired) electrons. The number of hydrogen-bond donors (Lipinski definition) is 3. The number of nitrogens with two attached hydrogens (primary N) is 1. The van der Waals surface area contributed by atoms with Gasteiger partial charge < -0.3 is 21.1 Å². The predicted octanol–water partition coefficient (Wildman–Crippen LogP) is 2.84. The number of nitrogen functional groups attached to an aromatic ring is 1. The molecule has 7 nitrogen and oxygen atoms in total. The van der Waals surface area contributed by atoms with Crippen LogP contribution in [0, 0.1) is 5.92 Å². The second-order valence-electron chi connectivity index (χ2n) is 7.30. The fraction of sp³-hybridized carbons (Fsp3) is 0.524. The summed E-state index contributed by atoms with van der Waals surface area (Å²) in [4.78, 5) is 12.5. The standard InChI is InChI=1S/C21H31N5O2/c1-4-10-28-17-8-6-15(7-9-17)19-18(21(27)23-3)20(22)26(25-19)16-11-14(12-16)13-24-5-2/h6-9,14,16,24H,4-5,10-13,22H2,1-3H3,(H,23,27). The fourth-order valence-corrected chi connectivity index (χ4v) is 3.62. The third kappa shape index (κ3) is 4.14. The first-order valence-corrected chi connectivity index (χ1v) is 10.1. The normalized spacial score (nSPS) is 18.5. The van der Waals surface area contributed by atoms with Gasteiger partial charge in [-0.2, -0.15) is 5.10 Å². The molecule has 1 aliphatic rings. The molecule has 1 heterocycles. The molecule has 1 aromatic carbocycles. The van der Waals surface area contributed by atoms with Crippen LogP contribution in [0.3, 0.4) is 0 Å². The highest BCUT2D eigenvalue weighted by Gasteiger charge is 2.34. The number of rotatable bonds is 9. The third-order valence-electron chi connectivity index (χ3n) is 5.24. The summed E-state index contributed by atoms with van der Waals surface area (Å²) in [5.41, 5.74) is 8.29. The molecule has 152 valence electrons. The molecule has 0 spiro atoms. The van der Waals surface area contributed by atoms with Gasteiger partial charge in [-0.1, -0.05) is 13.8 Å². The van der Waals surface area contributed by atoms with E-state index in [0.717, 1.165) is 43.7 Å². The predicted molar refractivity (Wildman–Crippen MR) is 112 cm³/mol. The van der Waals surface area contributed by atoms with Gasteiger partial charge in [0.2, 0.25) is 0 Å². The quantitative estimate of drug-likeness (QED) is 0.617. The van der Waals surface area contributed by atoms with E-state index < -0.39 is 0 Å². The van der Waals surface area contributed by atoms with Gasteiger partial charge in [0.25, 0.3) is 5.91 Å². The summed E-state index contributed by atoms with van der Waals surface area (Å²) in [5, 5.41) is 10.8. The van der Waals surface area contributed by atoms with Crippen LogP contribution >= 0.6 is 0 Å². The Morgan fingerprint density at radius 2 is 2.00 bits per heavy atom. The number of amides is 1. The molecule has 4 N–H and O–H groups in total. The molecule has 1 aromatic heterocycles. The third-order valence-corrected chi connectivity index (χ3v) is 5.24. The molecule has 0 unspecified atom stereocenters. The summed E-state index contributed by atoms with van der Waals surface area (Å²) in [5.74, 6) is 1.67. The summed E-state index contributed by atoms with van der Waals surface area (Å²) in [6, 6.07) is 7.91. The van der Waals surface area contributed by atoms with Gasteiger partial charge in [-0.25, -0.2) is 4.68 Å². The Labute approximate surface area is 166 Å². The minimum atomic E-state index is -0.214. The van der Waals surface area contributed by atoms with E-state index >= 15 is 0 Å². The minimum Gasteiger partial charge on any atom is -0.494 e. The lowest BCUT2D eigenvalue weighted by Crippen LogP contribution is -2.35. The first-order valence-electron chi connectivity index (χ1n) is 10.1. The molecular formula is C21H31N5O2. The van der Waals surface area contributed by atoms with Crippen molar-refractivity contribution in [3.05, 3.63) is 29.8 Å². The number of carbonyl (C=O) groups is 1. The molecule has 0 bridgehead atoms. The monoisotopic (exact) mass is 385 g/mol. The SMILES string of the molecule is CCCOc1ccc(-c2nn(C3CC(CNCC)C3)c(N)c2C(=O)NC)cc1. The molecule has 1 saturated carbocycles. The Balaban J connectivity index is 1.85. The number of anilines is 1.